The van der Waals surface area contributed by atoms with Crippen LogP contribution in [0.15, 0.2) is 59.8 Å². The molecule has 7 nitrogen and oxygen atoms in total. The zero-order valence-corrected chi connectivity index (χ0v) is 19.1. The number of hydrogen-bond acceptors (Lipinski definition) is 5. The molecule has 0 unspecified atom stereocenters. The summed E-state index contributed by atoms with van der Waals surface area (Å²) in [6.07, 6.45) is 3.61. The Morgan fingerprint density at radius 3 is 2.64 bits per heavy atom. The van der Waals surface area contributed by atoms with Gasteiger partial charge in [-0.3, -0.25) is 14.2 Å². The lowest BCUT2D eigenvalue weighted by molar-refractivity contribution is -0.131. The molecule has 1 fully saturated rings. The van der Waals surface area contributed by atoms with Crippen molar-refractivity contribution in [3.05, 3.63) is 60.4 Å². The second-order valence-corrected chi connectivity index (χ2v) is 8.73. The second-order valence-electron chi connectivity index (χ2n) is 7.79. The molecule has 33 heavy (non-hydrogen) atoms. The third kappa shape index (κ3) is 5.78. The maximum Gasteiger partial charge on any atom is 0.230 e. The third-order valence-electron chi connectivity index (χ3n) is 5.47. The largest absolute Gasteiger partial charge is 0.354 e. The van der Waals surface area contributed by atoms with E-state index in [0.29, 0.717) is 36.1 Å². The number of para-hydroxylation sites is 1. The third-order valence-corrected chi connectivity index (χ3v) is 6.40. The summed E-state index contributed by atoms with van der Waals surface area (Å²) < 4.78 is 16.2. The van der Waals surface area contributed by atoms with Crippen molar-refractivity contribution in [2.75, 3.05) is 25.4 Å². The minimum atomic E-state index is -0.389. The molecule has 3 aromatic rings. The van der Waals surface area contributed by atoms with Crippen LogP contribution >= 0.6 is 11.8 Å². The summed E-state index contributed by atoms with van der Waals surface area (Å²) in [6, 6.07) is 15.8. The number of likely N-dealkylation sites (tertiary alicyclic amines) is 1. The van der Waals surface area contributed by atoms with Gasteiger partial charge in [-0.1, -0.05) is 48.5 Å². The van der Waals surface area contributed by atoms with E-state index in [9.17, 15) is 14.0 Å². The Hall–Kier alpha value is -3.20. The standard InChI is InChI=1S/C24H26FN5O2S/c25-20-12-7-6-11-19(20)23-27-28-24(30(23)18-9-3-1-4-10-18)33-17-21(31)26-14-16-29-15-8-2-5-13-22(29)32/h1,3-4,6-7,9-12H,2,5,8,13-17H2,(H,26,31). The van der Waals surface area contributed by atoms with Crippen molar-refractivity contribution < 1.29 is 14.0 Å². The highest BCUT2D eigenvalue weighted by atomic mass is 32.2. The number of hydrogen-bond donors (Lipinski definition) is 1. The first-order valence-electron chi connectivity index (χ1n) is 11.1. The molecule has 2 heterocycles. The lowest BCUT2D eigenvalue weighted by Gasteiger charge is -2.20. The van der Waals surface area contributed by atoms with E-state index >= 15 is 0 Å². The molecule has 0 aliphatic carbocycles. The molecule has 172 valence electrons. The predicted octanol–water partition coefficient (Wildman–Crippen LogP) is 3.68. The SMILES string of the molecule is O=C(CSc1nnc(-c2ccccc2F)n1-c1ccccc1)NCCN1CCCCCC1=O. The zero-order valence-electron chi connectivity index (χ0n) is 18.2. The highest BCUT2D eigenvalue weighted by Gasteiger charge is 2.20. The minimum Gasteiger partial charge on any atom is -0.354 e. The van der Waals surface area contributed by atoms with Gasteiger partial charge >= 0.3 is 0 Å². The maximum absolute atomic E-state index is 14.5. The first-order valence-corrected chi connectivity index (χ1v) is 12.0. The van der Waals surface area contributed by atoms with E-state index in [-0.39, 0.29) is 23.4 Å². The van der Waals surface area contributed by atoms with Crippen LogP contribution in [-0.4, -0.2) is 56.9 Å². The fraction of sp³-hybridized carbons (Fsp3) is 0.333. The maximum atomic E-state index is 14.5. The number of benzene rings is 2. The normalized spacial score (nSPS) is 14.2. The van der Waals surface area contributed by atoms with E-state index < -0.39 is 0 Å². The van der Waals surface area contributed by atoms with Gasteiger partial charge < -0.3 is 10.2 Å². The van der Waals surface area contributed by atoms with Crippen molar-refractivity contribution in [2.45, 2.75) is 30.8 Å². The lowest BCUT2D eigenvalue weighted by Crippen LogP contribution is -2.38. The van der Waals surface area contributed by atoms with Crippen molar-refractivity contribution in [1.29, 1.82) is 0 Å². The lowest BCUT2D eigenvalue weighted by atomic mass is 10.2. The highest BCUT2D eigenvalue weighted by molar-refractivity contribution is 7.99. The molecule has 2 amide bonds. The van der Waals surface area contributed by atoms with E-state index in [1.54, 1.807) is 22.8 Å². The molecule has 1 aliphatic rings. The monoisotopic (exact) mass is 467 g/mol. The Morgan fingerprint density at radius 2 is 1.82 bits per heavy atom. The van der Waals surface area contributed by atoms with Gasteiger partial charge in [-0.2, -0.15) is 0 Å². The Labute approximate surface area is 196 Å². The quantitative estimate of drug-likeness (QED) is 0.511. The van der Waals surface area contributed by atoms with Gasteiger partial charge in [0.1, 0.15) is 5.82 Å². The van der Waals surface area contributed by atoms with Gasteiger partial charge in [-0.15, -0.1) is 10.2 Å². The number of nitrogens with zero attached hydrogens (tertiary/aromatic N) is 4. The van der Waals surface area contributed by atoms with Crippen LogP contribution in [-0.2, 0) is 9.59 Å². The first-order chi connectivity index (χ1) is 16.1. The molecule has 0 saturated carbocycles. The number of rotatable bonds is 8. The fourth-order valence-corrected chi connectivity index (χ4v) is 4.56. The van der Waals surface area contributed by atoms with E-state index in [0.717, 1.165) is 31.5 Å². The van der Waals surface area contributed by atoms with Crippen LogP contribution in [0, 0.1) is 5.82 Å². The van der Waals surface area contributed by atoms with Gasteiger partial charge in [0.15, 0.2) is 11.0 Å². The molecular formula is C24H26FN5O2S. The van der Waals surface area contributed by atoms with Gasteiger partial charge in [-0.05, 0) is 37.1 Å². The van der Waals surface area contributed by atoms with Crippen LogP contribution in [0.2, 0.25) is 0 Å². The molecule has 0 bridgehead atoms. The molecule has 1 N–H and O–H groups in total. The summed E-state index contributed by atoms with van der Waals surface area (Å²) in [4.78, 5) is 26.3. The van der Waals surface area contributed by atoms with Gasteiger partial charge in [0.2, 0.25) is 11.8 Å². The molecular weight excluding hydrogens is 441 g/mol. The summed E-state index contributed by atoms with van der Waals surface area (Å²) in [5.41, 5.74) is 1.12. The first kappa shape index (κ1) is 23.0. The number of carbonyl (C=O) groups is 2. The van der Waals surface area contributed by atoms with Gasteiger partial charge in [-0.25, -0.2) is 4.39 Å². The van der Waals surface area contributed by atoms with Gasteiger partial charge in [0.25, 0.3) is 0 Å². The van der Waals surface area contributed by atoms with E-state index in [4.69, 9.17) is 0 Å². The van der Waals surface area contributed by atoms with Crippen molar-refractivity contribution in [3.63, 3.8) is 0 Å². The van der Waals surface area contributed by atoms with Crippen molar-refractivity contribution in [3.8, 4) is 17.1 Å². The molecule has 0 radical (unpaired) electrons. The molecule has 1 aliphatic heterocycles. The van der Waals surface area contributed by atoms with Gasteiger partial charge in [0, 0.05) is 31.7 Å². The molecule has 1 saturated heterocycles. The van der Waals surface area contributed by atoms with E-state index in [2.05, 4.69) is 15.5 Å². The van der Waals surface area contributed by atoms with Crippen LogP contribution in [0.5, 0.6) is 0 Å². The Morgan fingerprint density at radius 1 is 1.03 bits per heavy atom. The number of thioether (sulfide) groups is 1. The minimum absolute atomic E-state index is 0.135. The predicted molar refractivity (Wildman–Crippen MR) is 126 cm³/mol. The van der Waals surface area contributed by atoms with Gasteiger partial charge in [0.05, 0.1) is 11.3 Å². The van der Waals surface area contributed by atoms with Crippen LogP contribution in [0.1, 0.15) is 25.7 Å². The Balaban J connectivity index is 1.42. The molecule has 1 aromatic heterocycles. The van der Waals surface area contributed by atoms with E-state index in [1.165, 1.54) is 17.8 Å². The molecule has 0 spiro atoms. The number of halogens is 1. The summed E-state index contributed by atoms with van der Waals surface area (Å²) in [7, 11) is 0. The van der Waals surface area contributed by atoms with Crippen LogP contribution in [0.3, 0.4) is 0 Å². The molecule has 9 heteroatoms. The number of amides is 2. The topological polar surface area (TPSA) is 80.1 Å². The van der Waals surface area contributed by atoms with Crippen LogP contribution < -0.4 is 5.32 Å². The average Bonchev–Trinajstić information content (AvgIpc) is 3.14. The van der Waals surface area contributed by atoms with Crippen molar-refractivity contribution >= 4 is 23.6 Å². The molecule has 0 atom stereocenters. The Kier molecular flexibility index (Phi) is 7.72. The Bertz CT molecular complexity index is 1110. The van der Waals surface area contributed by atoms with Crippen LogP contribution in [0.4, 0.5) is 4.39 Å². The summed E-state index contributed by atoms with van der Waals surface area (Å²) in [5.74, 6) is 0.127. The van der Waals surface area contributed by atoms with Crippen molar-refractivity contribution in [1.82, 2.24) is 25.0 Å². The number of carbonyl (C=O) groups excluding carboxylic acids is 2. The highest BCUT2D eigenvalue weighted by Crippen LogP contribution is 2.29. The zero-order chi connectivity index (χ0) is 23.0. The fourth-order valence-electron chi connectivity index (χ4n) is 3.78. The van der Waals surface area contributed by atoms with E-state index in [1.807, 2.05) is 35.2 Å². The molecule has 2 aromatic carbocycles. The average molecular weight is 468 g/mol. The number of nitrogens with one attached hydrogen (secondary N) is 1. The summed E-state index contributed by atoms with van der Waals surface area (Å²) >= 11 is 1.24. The molecule has 4 rings (SSSR count). The summed E-state index contributed by atoms with van der Waals surface area (Å²) in [5, 5.41) is 11.8. The second kappa shape index (κ2) is 11.1. The smallest absolute Gasteiger partial charge is 0.230 e. The number of aromatic nitrogens is 3. The van der Waals surface area contributed by atoms with Crippen molar-refractivity contribution in [2.24, 2.45) is 0 Å². The summed E-state index contributed by atoms with van der Waals surface area (Å²) in [6.45, 7) is 1.69. The van der Waals surface area contributed by atoms with Crippen LogP contribution in [0.25, 0.3) is 17.1 Å².